The molecule has 0 saturated carbocycles. The molecule has 2 aromatic carbocycles. The number of halogens is 1. The van der Waals surface area contributed by atoms with Crippen molar-refractivity contribution < 1.29 is 19.2 Å². The van der Waals surface area contributed by atoms with E-state index in [4.69, 9.17) is 9.26 Å². The number of carboxylic acid groups (broad SMARTS) is 1. The Morgan fingerprint density at radius 2 is 1.89 bits per heavy atom. The van der Waals surface area contributed by atoms with Crippen LogP contribution in [0.15, 0.2) is 57.5 Å². The van der Waals surface area contributed by atoms with Crippen molar-refractivity contribution in [2.45, 2.75) is 19.4 Å². The molecule has 3 aromatic rings. The number of rotatable bonds is 6. The third kappa shape index (κ3) is 4.49. The molecule has 27 heavy (non-hydrogen) atoms. The van der Waals surface area contributed by atoms with Gasteiger partial charge in [0.05, 0.1) is 18.8 Å². The Labute approximate surface area is 165 Å². The van der Waals surface area contributed by atoms with E-state index in [0.29, 0.717) is 17.9 Å². The second kappa shape index (κ2) is 8.26. The van der Waals surface area contributed by atoms with Gasteiger partial charge in [0.25, 0.3) is 0 Å². The first-order valence-electron chi connectivity index (χ1n) is 8.32. The van der Waals surface area contributed by atoms with E-state index in [9.17, 15) is 9.90 Å². The van der Waals surface area contributed by atoms with Gasteiger partial charge in [0, 0.05) is 15.6 Å². The lowest BCUT2D eigenvalue weighted by Gasteiger charge is -2.18. The molecule has 2 N–H and O–H groups in total. The van der Waals surface area contributed by atoms with Gasteiger partial charge in [-0.15, -0.1) is 0 Å². The van der Waals surface area contributed by atoms with Gasteiger partial charge in [-0.3, -0.25) is 0 Å². The number of amides is 1. The molecular weight excluding hydrogens is 412 g/mol. The first kappa shape index (κ1) is 19.0. The zero-order valence-electron chi connectivity index (χ0n) is 14.9. The molecule has 0 bridgehead atoms. The number of benzene rings is 2. The van der Waals surface area contributed by atoms with Crippen LogP contribution in [-0.4, -0.2) is 23.5 Å². The number of aromatic nitrogens is 1. The number of hydrogen-bond acceptors (Lipinski definition) is 4. The highest BCUT2D eigenvalue weighted by Crippen LogP contribution is 2.33. The lowest BCUT2D eigenvalue weighted by Crippen LogP contribution is -2.29. The van der Waals surface area contributed by atoms with Crippen LogP contribution in [0.1, 0.15) is 22.9 Å². The molecular formula is C20H19BrN2O4. The fourth-order valence-corrected chi connectivity index (χ4v) is 3.23. The molecule has 0 aliphatic heterocycles. The quantitative estimate of drug-likeness (QED) is 0.576. The predicted molar refractivity (Wildman–Crippen MR) is 105 cm³/mol. The largest absolute Gasteiger partial charge is 0.497 e. The summed E-state index contributed by atoms with van der Waals surface area (Å²) in [5.74, 6) is 1.31. The van der Waals surface area contributed by atoms with Gasteiger partial charge in [0.15, 0.2) is 5.76 Å². The highest BCUT2D eigenvalue weighted by molar-refractivity contribution is 9.10. The molecule has 7 heteroatoms. The summed E-state index contributed by atoms with van der Waals surface area (Å²) in [5, 5.41) is 16.0. The van der Waals surface area contributed by atoms with Crippen LogP contribution < -0.4 is 10.1 Å². The molecule has 3 rings (SSSR count). The van der Waals surface area contributed by atoms with Crippen molar-refractivity contribution in [3.8, 4) is 17.1 Å². The van der Waals surface area contributed by atoms with Crippen LogP contribution >= 0.6 is 15.9 Å². The third-order valence-electron chi connectivity index (χ3n) is 4.26. The summed E-state index contributed by atoms with van der Waals surface area (Å²) >= 11 is 3.41. The van der Waals surface area contributed by atoms with Crippen molar-refractivity contribution in [3.63, 3.8) is 0 Å². The van der Waals surface area contributed by atoms with Gasteiger partial charge >= 0.3 is 6.09 Å². The Morgan fingerprint density at radius 1 is 1.22 bits per heavy atom. The molecule has 1 heterocycles. The smallest absolute Gasteiger partial charge is 0.405 e. The van der Waals surface area contributed by atoms with Crippen molar-refractivity contribution in [1.29, 1.82) is 0 Å². The second-order valence-corrected chi connectivity index (χ2v) is 6.99. The van der Waals surface area contributed by atoms with Crippen molar-refractivity contribution in [2.75, 3.05) is 7.11 Å². The van der Waals surface area contributed by atoms with Crippen LogP contribution in [0.5, 0.6) is 5.75 Å². The van der Waals surface area contributed by atoms with Gasteiger partial charge in [-0.2, -0.15) is 0 Å². The highest BCUT2D eigenvalue weighted by Gasteiger charge is 2.25. The van der Waals surface area contributed by atoms with Crippen LogP contribution in [0, 0.1) is 6.92 Å². The highest BCUT2D eigenvalue weighted by atomic mass is 79.9. The van der Waals surface area contributed by atoms with Crippen LogP contribution in [-0.2, 0) is 6.42 Å². The summed E-state index contributed by atoms with van der Waals surface area (Å²) in [4.78, 5) is 11.4. The maximum absolute atomic E-state index is 11.4. The second-order valence-electron chi connectivity index (χ2n) is 6.07. The fourth-order valence-electron chi connectivity index (χ4n) is 2.97. The Kier molecular flexibility index (Phi) is 5.81. The molecule has 0 saturated heterocycles. The SMILES string of the molecule is COc1ccc(C[C@@H](NC(=O)O)c2c(C)noc2-c2ccc(Br)cc2)cc1. The van der Waals surface area contributed by atoms with E-state index >= 15 is 0 Å². The number of nitrogens with zero attached hydrogens (tertiary/aromatic N) is 1. The lowest BCUT2D eigenvalue weighted by atomic mass is 9.95. The third-order valence-corrected chi connectivity index (χ3v) is 4.79. The number of methoxy groups -OCH3 is 1. The molecule has 0 radical (unpaired) electrons. The summed E-state index contributed by atoms with van der Waals surface area (Å²) in [6.45, 7) is 1.81. The van der Waals surface area contributed by atoms with E-state index in [-0.39, 0.29) is 0 Å². The summed E-state index contributed by atoms with van der Waals surface area (Å²) in [6, 6.07) is 14.6. The molecule has 6 nitrogen and oxygen atoms in total. The summed E-state index contributed by atoms with van der Waals surface area (Å²) in [7, 11) is 1.61. The molecule has 0 aliphatic rings. The molecule has 0 spiro atoms. The molecule has 0 unspecified atom stereocenters. The number of ether oxygens (including phenoxy) is 1. The van der Waals surface area contributed by atoms with Gasteiger partial charge in [-0.1, -0.05) is 45.4 Å². The van der Waals surface area contributed by atoms with Gasteiger partial charge in [-0.05, 0) is 43.2 Å². The van der Waals surface area contributed by atoms with Crippen molar-refractivity contribution in [1.82, 2.24) is 10.5 Å². The topological polar surface area (TPSA) is 84.6 Å². The van der Waals surface area contributed by atoms with E-state index in [1.54, 1.807) is 7.11 Å². The average molecular weight is 431 g/mol. The van der Waals surface area contributed by atoms with E-state index in [0.717, 1.165) is 26.9 Å². The van der Waals surface area contributed by atoms with Gasteiger partial charge < -0.3 is 19.7 Å². The van der Waals surface area contributed by atoms with Gasteiger partial charge in [0.1, 0.15) is 5.75 Å². The number of carbonyl (C=O) groups is 1. The van der Waals surface area contributed by atoms with Crippen LogP contribution in [0.25, 0.3) is 11.3 Å². The van der Waals surface area contributed by atoms with Crippen LogP contribution in [0.2, 0.25) is 0 Å². The van der Waals surface area contributed by atoms with E-state index in [2.05, 4.69) is 26.4 Å². The minimum absolute atomic E-state index is 0.460. The first-order chi connectivity index (χ1) is 13.0. The predicted octanol–water partition coefficient (Wildman–Crippen LogP) is 4.97. The maximum Gasteiger partial charge on any atom is 0.405 e. The number of nitrogens with one attached hydrogen (secondary N) is 1. The zero-order valence-corrected chi connectivity index (χ0v) is 16.5. The zero-order chi connectivity index (χ0) is 19.4. The Hall–Kier alpha value is -2.80. The summed E-state index contributed by atoms with van der Waals surface area (Å²) in [6.07, 6.45) is -0.641. The van der Waals surface area contributed by atoms with E-state index < -0.39 is 12.1 Å². The molecule has 1 aromatic heterocycles. The fraction of sp³-hybridized carbons (Fsp3) is 0.200. The Bertz CT molecular complexity index is 920. The molecule has 1 atom stereocenters. The maximum atomic E-state index is 11.4. The van der Waals surface area contributed by atoms with Crippen LogP contribution in [0.4, 0.5) is 4.79 Å². The minimum atomic E-state index is -1.10. The minimum Gasteiger partial charge on any atom is -0.497 e. The summed E-state index contributed by atoms with van der Waals surface area (Å²) in [5.41, 5.74) is 3.19. The Balaban J connectivity index is 1.98. The Morgan fingerprint density at radius 3 is 2.48 bits per heavy atom. The standard InChI is InChI=1S/C20H19BrN2O4/c1-12-18(19(27-23-12)14-5-7-15(21)8-6-14)17(22-20(24)25)11-13-3-9-16(26-2)10-4-13/h3-10,17,22H,11H2,1-2H3,(H,24,25)/t17-/m1/s1. The molecule has 0 aliphatic carbocycles. The van der Waals surface area contributed by atoms with E-state index in [1.165, 1.54) is 0 Å². The monoisotopic (exact) mass is 430 g/mol. The van der Waals surface area contributed by atoms with Crippen LogP contribution in [0.3, 0.4) is 0 Å². The molecule has 1 amide bonds. The van der Waals surface area contributed by atoms with E-state index in [1.807, 2.05) is 55.5 Å². The first-order valence-corrected chi connectivity index (χ1v) is 9.11. The van der Waals surface area contributed by atoms with Crippen molar-refractivity contribution in [3.05, 3.63) is 69.8 Å². The number of aryl methyl sites for hydroxylation is 1. The lowest BCUT2D eigenvalue weighted by molar-refractivity contribution is 0.190. The summed E-state index contributed by atoms with van der Waals surface area (Å²) < 4.78 is 11.7. The normalized spacial score (nSPS) is 11.8. The molecule has 140 valence electrons. The number of hydrogen-bond donors (Lipinski definition) is 2. The van der Waals surface area contributed by atoms with Gasteiger partial charge in [0.2, 0.25) is 0 Å². The van der Waals surface area contributed by atoms with Crippen molar-refractivity contribution >= 4 is 22.0 Å². The van der Waals surface area contributed by atoms with Gasteiger partial charge in [-0.25, -0.2) is 4.79 Å². The van der Waals surface area contributed by atoms with Crippen molar-refractivity contribution in [2.24, 2.45) is 0 Å². The average Bonchev–Trinajstić information content (AvgIpc) is 3.03. The molecule has 0 fully saturated rings.